The van der Waals surface area contributed by atoms with E-state index in [0.29, 0.717) is 30.3 Å². The van der Waals surface area contributed by atoms with Crippen LogP contribution in [0.15, 0.2) is 65.7 Å². The lowest BCUT2D eigenvalue weighted by molar-refractivity contribution is 0.0952. The standard InChI is InChI=1S/C27H30N4O3S/c1-2-18-7-12-22(13-8-18)35(33,34)31-25-14-10-20-9-11-21(16-24(20)25)30-26-23(4-3-15-28-26)27(32)29-17-19-5-6-19/h3-4,7-9,11-13,15-16,19,25,31H,2,5-6,10,14,17H2,1H3,(H,28,30)(H,29,32). The molecule has 2 aliphatic rings. The van der Waals surface area contributed by atoms with Crippen LogP contribution in [0.5, 0.6) is 0 Å². The lowest BCUT2D eigenvalue weighted by Gasteiger charge is -2.16. The van der Waals surface area contributed by atoms with Crippen molar-refractivity contribution in [1.82, 2.24) is 15.0 Å². The third kappa shape index (κ3) is 5.39. The maximum Gasteiger partial charge on any atom is 0.255 e. The number of fused-ring (bicyclic) bond motifs is 1. The minimum absolute atomic E-state index is 0.145. The van der Waals surface area contributed by atoms with Crippen molar-refractivity contribution in [3.63, 3.8) is 0 Å². The number of aryl methyl sites for hydroxylation is 2. The molecule has 0 saturated heterocycles. The fraction of sp³-hybridized carbons (Fsp3) is 0.333. The summed E-state index contributed by atoms with van der Waals surface area (Å²) in [6, 6.07) is 16.1. The second-order valence-electron chi connectivity index (χ2n) is 9.30. The van der Waals surface area contributed by atoms with Crippen LogP contribution in [0.25, 0.3) is 0 Å². The highest BCUT2D eigenvalue weighted by molar-refractivity contribution is 7.89. The van der Waals surface area contributed by atoms with Crippen molar-refractivity contribution >= 4 is 27.4 Å². The minimum atomic E-state index is -3.65. The van der Waals surface area contributed by atoms with Gasteiger partial charge in [-0.1, -0.05) is 25.1 Å². The second-order valence-corrected chi connectivity index (χ2v) is 11.0. The van der Waals surface area contributed by atoms with Gasteiger partial charge < -0.3 is 10.6 Å². The van der Waals surface area contributed by atoms with Gasteiger partial charge in [-0.25, -0.2) is 18.1 Å². The fourth-order valence-electron chi connectivity index (χ4n) is 4.44. The van der Waals surface area contributed by atoms with Crippen molar-refractivity contribution in [3.8, 4) is 0 Å². The molecule has 0 bridgehead atoms. The zero-order chi connectivity index (χ0) is 24.4. The van der Waals surface area contributed by atoms with Crippen LogP contribution in [0.4, 0.5) is 11.5 Å². The summed E-state index contributed by atoms with van der Waals surface area (Å²) < 4.78 is 28.9. The molecule has 0 radical (unpaired) electrons. The van der Waals surface area contributed by atoms with Crippen LogP contribution < -0.4 is 15.4 Å². The van der Waals surface area contributed by atoms with E-state index in [1.807, 2.05) is 37.3 Å². The summed E-state index contributed by atoms with van der Waals surface area (Å²) in [5, 5.41) is 6.25. The number of nitrogens with zero attached hydrogens (tertiary/aromatic N) is 1. The van der Waals surface area contributed by atoms with Crippen LogP contribution in [-0.2, 0) is 22.9 Å². The molecular formula is C27H30N4O3S. The molecule has 2 aliphatic carbocycles. The van der Waals surface area contributed by atoms with E-state index in [9.17, 15) is 13.2 Å². The predicted molar refractivity (Wildman–Crippen MR) is 136 cm³/mol. The molecule has 3 aromatic rings. The zero-order valence-corrected chi connectivity index (χ0v) is 20.6. The number of hydrogen-bond acceptors (Lipinski definition) is 5. The number of benzene rings is 2. The smallest absolute Gasteiger partial charge is 0.255 e. The molecule has 2 aromatic carbocycles. The molecule has 0 aliphatic heterocycles. The number of rotatable bonds is 9. The van der Waals surface area contributed by atoms with Gasteiger partial charge in [-0.05, 0) is 91.1 Å². The number of amides is 1. The molecule has 8 heteroatoms. The van der Waals surface area contributed by atoms with E-state index in [4.69, 9.17) is 0 Å². The Bertz CT molecular complexity index is 1330. The Labute approximate surface area is 206 Å². The van der Waals surface area contributed by atoms with Crippen molar-refractivity contribution in [1.29, 1.82) is 0 Å². The Morgan fingerprint density at radius 2 is 1.86 bits per heavy atom. The van der Waals surface area contributed by atoms with Gasteiger partial charge >= 0.3 is 0 Å². The van der Waals surface area contributed by atoms with Gasteiger partial charge in [0.25, 0.3) is 5.91 Å². The highest BCUT2D eigenvalue weighted by Gasteiger charge is 2.28. The van der Waals surface area contributed by atoms with Crippen molar-refractivity contribution in [3.05, 3.63) is 83.0 Å². The van der Waals surface area contributed by atoms with E-state index in [1.165, 1.54) is 12.8 Å². The number of carbonyl (C=O) groups is 1. The molecule has 0 spiro atoms. The summed E-state index contributed by atoms with van der Waals surface area (Å²) in [6.45, 7) is 2.73. The number of hydrogen-bond donors (Lipinski definition) is 3. The van der Waals surface area contributed by atoms with Gasteiger partial charge in [0.1, 0.15) is 5.82 Å². The Morgan fingerprint density at radius 3 is 2.60 bits per heavy atom. The van der Waals surface area contributed by atoms with Gasteiger partial charge in [0.05, 0.1) is 10.5 Å². The largest absolute Gasteiger partial charge is 0.352 e. The third-order valence-electron chi connectivity index (χ3n) is 6.73. The number of sulfonamides is 1. The molecule has 1 unspecified atom stereocenters. The molecular weight excluding hydrogens is 460 g/mol. The third-order valence-corrected chi connectivity index (χ3v) is 8.21. The molecule has 35 heavy (non-hydrogen) atoms. The first-order valence-electron chi connectivity index (χ1n) is 12.2. The Morgan fingerprint density at radius 1 is 1.06 bits per heavy atom. The summed E-state index contributed by atoms with van der Waals surface area (Å²) >= 11 is 0. The molecule has 1 atom stereocenters. The average molecular weight is 491 g/mol. The molecule has 1 amide bonds. The van der Waals surface area contributed by atoms with Crippen LogP contribution in [0.1, 0.15) is 59.3 Å². The maximum atomic E-state index is 13.0. The van der Waals surface area contributed by atoms with Crippen LogP contribution in [0.2, 0.25) is 0 Å². The molecule has 1 fully saturated rings. The Kier molecular flexibility index (Phi) is 6.58. The highest BCUT2D eigenvalue weighted by Crippen LogP contribution is 2.35. The minimum Gasteiger partial charge on any atom is -0.352 e. The first-order valence-corrected chi connectivity index (χ1v) is 13.7. The second kappa shape index (κ2) is 9.79. The van der Waals surface area contributed by atoms with E-state index < -0.39 is 10.0 Å². The number of aromatic nitrogens is 1. The highest BCUT2D eigenvalue weighted by atomic mass is 32.2. The van der Waals surface area contributed by atoms with E-state index in [2.05, 4.69) is 20.3 Å². The molecule has 3 N–H and O–H groups in total. The Hall–Kier alpha value is -3.23. The average Bonchev–Trinajstić information content (AvgIpc) is 3.63. The van der Waals surface area contributed by atoms with Crippen LogP contribution in [0.3, 0.4) is 0 Å². The fourth-order valence-corrected chi connectivity index (χ4v) is 5.69. The summed E-state index contributed by atoms with van der Waals surface area (Å²) in [7, 11) is -3.65. The topological polar surface area (TPSA) is 100 Å². The Balaban J connectivity index is 1.33. The van der Waals surface area contributed by atoms with Gasteiger partial charge in [-0.3, -0.25) is 4.79 Å². The van der Waals surface area contributed by atoms with Crippen molar-refractivity contribution in [2.24, 2.45) is 5.92 Å². The van der Waals surface area contributed by atoms with Crippen molar-refractivity contribution in [2.75, 3.05) is 11.9 Å². The van der Waals surface area contributed by atoms with E-state index in [-0.39, 0.29) is 16.8 Å². The van der Waals surface area contributed by atoms with Crippen molar-refractivity contribution < 1.29 is 13.2 Å². The molecule has 182 valence electrons. The van der Waals surface area contributed by atoms with Gasteiger partial charge in [-0.2, -0.15) is 0 Å². The summed E-state index contributed by atoms with van der Waals surface area (Å²) in [6.07, 6.45) is 6.35. The number of anilines is 2. The normalized spacial score (nSPS) is 17.1. The van der Waals surface area contributed by atoms with Gasteiger partial charge in [0.15, 0.2) is 0 Å². The quantitative estimate of drug-likeness (QED) is 0.410. The van der Waals surface area contributed by atoms with Gasteiger partial charge in [0.2, 0.25) is 10.0 Å². The monoisotopic (exact) mass is 490 g/mol. The molecule has 7 nitrogen and oxygen atoms in total. The SMILES string of the molecule is CCc1ccc(S(=O)(=O)NC2CCc3ccc(Nc4ncccc4C(=O)NCC4CC4)cc32)cc1. The number of carbonyl (C=O) groups excluding carboxylic acids is 1. The summed E-state index contributed by atoms with van der Waals surface area (Å²) in [4.78, 5) is 17.3. The molecule has 1 aromatic heterocycles. The summed E-state index contributed by atoms with van der Waals surface area (Å²) in [5.74, 6) is 0.925. The lowest BCUT2D eigenvalue weighted by atomic mass is 10.1. The van der Waals surface area contributed by atoms with Crippen LogP contribution >= 0.6 is 0 Å². The molecule has 5 rings (SSSR count). The van der Waals surface area contributed by atoms with Gasteiger partial charge in [-0.15, -0.1) is 0 Å². The van der Waals surface area contributed by atoms with E-state index >= 15 is 0 Å². The predicted octanol–water partition coefficient (Wildman–Crippen LogP) is 4.49. The van der Waals surface area contributed by atoms with Crippen molar-refractivity contribution in [2.45, 2.75) is 50.0 Å². The lowest BCUT2D eigenvalue weighted by Crippen LogP contribution is -2.27. The summed E-state index contributed by atoms with van der Waals surface area (Å²) in [5.41, 5.74) is 4.41. The van der Waals surface area contributed by atoms with E-state index in [1.54, 1.807) is 30.5 Å². The van der Waals surface area contributed by atoms with E-state index in [0.717, 1.165) is 35.2 Å². The molecule has 1 saturated carbocycles. The first kappa shape index (κ1) is 23.5. The van der Waals surface area contributed by atoms with Crippen LogP contribution in [-0.4, -0.2) is 25.9 Å². The molecule has 1 heterocycles. The number of pyridine rings is 1. The maximum absolute atomic E-state index is 13.0. The zero-order valence-electron chi connectivity index (χ0n) is 19.8. The number of nitrogens with one attached hydrogen (secondary N) is 3. The van der Waals surface area contributed by atoms with Crippen LogP contribution in [0, 0.1) is 5.92 Å². The van der Waals surface area contributed by atoms with Gasteiger partial charge in [0, 0.05) is 24.5 Å². The first-order chi connectivity index (χ1) is 16.9.